The molecule has 0 aliphatic rings. The lowest BCUT2D eigenvalue weighted by molar-refractivity contribution is 0.506. The Kier molecular flexibility index (Phi) is 11.7. The summed E-state index contributed by atoms with van der Waals surface area (Å²) in [7, 11) is 0. The van der Waals surface area contributed by atoms with Crippen LogP contribution < -0.4 is 9.05 Å². The molecule has 0 aromatic heterocycles. The van der Waals surface area contributed by atoms with E-state index in [-0.39, 0.29) is 5.25 Å². The first-order chi connectivity index (χ1) is 17.0. The van der Waals surface area contributed by atoms with Gasteiger partial charge in [0.2, 0.25) is 0 Å². The van der Waals surface area contributed by atoms with Gasteiger partial charge in [0, 0.05) is 5.25 Å². The highest BCUT2D eigenvalue weighted by Gasteiger charge is 2.28. The maximum atomic E-state index is 6.46. The molecule has 1 unspecified atom stereocenters. The van der Waals surface area contributed by atoms with Crippen molar-refractivity contribution in [1.82, 2.24) is 0 Å². The molecule has 3 rings (SSSR count). The van der Waals surface area contributed by atoms with Crippen LogP contribution >= 0.6 is 17.1 Å². The van der Waals surface area contributed by atoms with Crippen LogP contribution in [0.25, 0.3) is 0 Å². The van der Waals surface area contributed by atoms with Gasteiger partial charge in [0.1, 0.15) is 11.5 Å². The van der Waals surface area contributed by atoms with Gasteiger partial charge in [0.25, 0.3) is 0 Å². The van der Waals surface area contributed by atoms with E-state index in [0.29, 0.717) is 0 Å². The molecule has 3 aromatic rings. The number of unbranched alkanes of at least 4 members (excludes halogenated alkanes) is 4. The topological polar surface area (TPSA) is 18.5 Å². The van der Waals surface area contributed by atoms with Crippen LogP contribution in [0, 0.1) is 0 Å². The van der Waals surface area contributed by atoms with E-state index in [1.165, 1.54) is 55.2 Å². The smallest absolute Gasteiger partial charge is 0.349 e. The molecule has 0 N–H and O–H groups in total. The van der Waals surface area contributed by atoms with Crippen molar-refractivity contribution in [2.45, 2.75) is 77.4 Å². The lowest BCUT2D eigenvalue weighted by Gasteiger charge is -2.26. The number of rotatable bonds is 15. The molecule has 0 saturated carbocycles. The predicted octanol–water partition coefficient (Wildman–Crippen LogP) is 10.3. The highest BCUT2D eigenvalue weighted by atomic mass is 32.9. The van der Waals surface area contributed by atoms with E-state index in [2.05, 4.69) is 69.3 Å². The maximum absolute atomic E-state index is 6.46. The van der Waals surface area contributed by atoms with Crippen molar-refractivity contribution in [3.63, 3.8) is 0 Å². The van der Waals surface area contributed by atoms with Crippen molar-refractivity contribution in [1.29, 1.82) is 0 Å². The minimum absolute atomic E-state index is 0.156. The molecule has 0 spiro atoms. The standard InChI is InChI=1S/C30H39O2PS2/c1-4-6-9-13-26-17-21-29(22-18-26)31-33(34,35-25(3)28-15-11-8-12-16-28)32-30-23-19-27(20-24-30)14-10-7-5-2/h8,11-12,15-25H,4-7,9-10,13-14H2,1-3H3. The van der Waals surface area contributed by atoms with Gasteiger partial charge in [-0.2, -0.15) is 0 Å². The summed E-state index contributed by atoms with van der Waals surface area (Å²) in [4.78, 5) is 0. The predicted molar refractivity (Wildman–Crippen MR) is 157 cm³/mol. The molecular formula is C30H39O2PS2. The highest BCUT2D eigenvalue weighted by molar-refractivity contribution is 8.68. The Labute approximate surface area is 221 Å². The van der Waals surface area contributed by atoms with Gasteiger partial charge in [0.05, 0.1) is 0 Å². The van der Waals surface area contributed by atoms with Gasteiger partial charge < -0.3 is 9.05 Å². The van der Waals surface area contributed by atoms with Crippen LogP contribution in [0.2, 0.25) is 0 Å². The third-order valence-corrected chi connectivity index (χ3v) is 11.1. The summed E-state index contributed by atoms with van der Waals surface area (Å²) in [6, 6.07) is 27.2. The Morgan fingerprint density at radius 2 is 1.14 bits per heavy atom. The summed E-state index contributed by atoms with van der Waals surface area (Å²) in [6.45, 7) is 6.64. The second kappa shape index (κ2) is 14.7. The van der Waals surface area contributed by atoms with Gasteiger partial charge in [-0.25, -0.2) is 0 Å². The molecule has 0 amide bonds. The molecule has 5 heteroatoms. The van der Waals surface area contributed by atoms with Gasteiger partial charge >= 0.3 is 5.69 Å². The van der Waals surface area contributed by atoms with Crippen molar-refractivity contribution >= 4 is 28.9 Å². The van der Waals surface area contributed by atoms with Crippen molar-refractivity contribution in [3.8, 4) is 11.5 Å². The first-order valence-electron chi connectivity index (χ1n) is 12.9. The SMILES string of the molecule is CCCCCc1ccc(OP(=S)(Oc2ccc(CCCCC)cc2)SC(C)c2ccccc2)cc1. The molecule has 0 radical (unpaired) electrons. The lowest BCUT2D eigenvalue weighted by Crippen LogP contribution is -2.01. The molecule has 0 aliphatic carbocycles. The summed E-state index contributed by atoms with van der Waals surface area (Å²) in [5.74, 6) is 1.55. The second-order valence-electron chi connectivity index (χ2n) is 8.99. The van der Waals surface area contributed by atoms with E-state index in [4.69, 9.17) is 20.9 Å². The Hall–Kier alpha value is -1.74. The van der Waals surface area contributed by atoms with E-state index < -0.39 is 5.69 Å². The van der Waals surface area contributed by atoms with E-state index in [0.717, 1.165) is 24.3 Å². The monoisotopic (exact) mass is 526 g/mol. The molecule has 0 saturated heterocycles. The summed E-state index contributed by atoms with van der Waals surface area (Å²) < 4.78 is 12.9. The van der Waals surface area contributed by atoms with Gasteiger partial charge in [0.15, 0.2) is 0 Å². The second-order valence-corrected chi connectivity index (χ2v) is 15.4. The van der Waals surface area contributed by atoms with Gasteiger partial charge in [-0.15, -0.1) is 0 Å². The van der Waals surface area contributed by atoms with Crippen molar-refractivity contribution in [2.75, 3.05) is 0 Å². The van der Waals surface area contributed by atoms with Gasteiger partial charge in [-0.3, -0.25) is 0 Å². The quantitative estimate of drug-likeness (QED) is 0.145. The van der Waals surface area contributed by atoms with Crippen LogP contribution in [-0.2, 0) is 24.6 Å². The third kappa shape index (κ3) is 9.67. The van der Waals surface area contributed by atoms with E-state index in [1.807, 2.05) is 30.3 Å². The highest BCUT2D eigenvalue weighted by Crippen LogP contribution is 2.64. The molecule has 188 valence electrons. The molecule has 0 fully saturated rings. The summed E-state index contributed by atoms with van der Waals surface area (Å²) in [6.07, 6.45) is 9.63. The lowest BCUT2D eigenvalue weighted by atomic mass is 10.1. The maximum Gasteiger partial charge on any atom is 0.349 e. The van der Waals surface area contributed by atoms with E-state index in [1.54, 1.807) is 11.4 Å². The molecular weight excluding hydrogens is 487 g/mol. The molecule has 0 bridgehead atoms. The zero-order valence-electron chi connectivity index (χ0n) is 21.3. The van der Waals surface area contributed by atoms with Crippen LogP contribution in [0.5, 0.6) is 11.5 Å². The largest absolute Gasteiger partial charge is 0.428 e. The Bertz CT molecular complexity index is 977. The van der Waals surface area contributed by atoms with Crippen molar-refractivity contribution in [2.24, 2.45) is 0 Å². The fourth-order valence-electron chi connectivity index (χ4n) is 3.89. The summed E-state index contributed by atoms with van der Waals surface area (Å²) in [5.41, 5.74) is 1.18. The van der Waals surface area contributed by atoms with Crippen molar-refractivity contribution in [3.05, 3.63) is 95.6 Å². The first-order valence-corrected chi connectivity index (χ1v) is 17.0. The Morgan fingerprint density at radius 1 is 0.686 bits per heavy atom. The molecule has 35 heavy (non-hydrogen) atoms. The minimum Gasteiger partial charge on any atom is -0.428 e. The van der Waals surface area contributed by atoms with Gasteiger partial charge in [-0.1, -0.05) is 94.1 Å². The average Bonchev–Trinajstić information content (AvgIpc) is 2.87. The number of hydrogen-bond acceptors (Lipinski definition) is 4. The zero-order valence-corrected chi connectivity index (χ0v) is 23.8. The fourth-order valence-corrected chi connectivity index (χ4v) is 9.42. The summed E-state index contributed by atoms with van der Waals surface area (Å²) in [5, 5.41) is 0.156. The fraction of sp³-hybridized carbons (Fsp3) is 0.400. The average molecular weight is 527 g/mol. The Morgan fingerprint density at radius 3 is 1.57 bits per heavy atom. The van der Waals surface area contributed by atoms with Crippen LogP contribution in [0.15, 0.2) is 78.9 Å². The molecule has 1 atom stereocenters. The van der Waals surface area contributed by atoms with Crippen LogP contribution in [0.4, 0.5) is 0 Å². The molecule has 2 nitrogen and oxygen atoms in total. The number of aryl methyl sites for hydroxylation is 2. The zero-order chi connectivity index (χ0) is 24.9. The van der Waals surface area contributed by atoms with Crippen LogP contribution in [0.3, 0.4) is 0 Å². The molecule has 0 aliphatic heterocycles. The third-order valence-electron chi connectivity index (χ3n) is 5.98. The molecule has 3 aromatic carbocycles. The first kappa shape index (κ1) is 27.8. The van der Waals surface area contributed by atoms with Gasteiger partial charge in [-0.05, 0) is 96.8 Å². The van der Waals surface area contributed by atoms with Crippen LogP contribution in [-0.4, -0.2) is 0 Å². The summed E-state index contributed by atoms with van der Waals surface area (Å²) >= 11 is 7.72. The van der Waals surface area contributed by atoms with Crippen LogP contribution in [0.1, 0.15) is 81.2 Å². The molecule has 0 heterocycles. The number of hydrogen-bond donors (Lipinski definition) is 0. The number of benzene rings is 3. The van der Waals surface area contributed by atoms with E-state index >= 15 is 0 Å². The Balaban J connectivity index is 1.74. The normalized spacial score (nSPS) is 12.3. The van der Waals surface area contributed by atoms with Crippen molar-refractivity contribution < 1.29 is 9.05 Å². The van der Waals surface area contributed by atoms with E-state index in [9.17, 15) is 0 Å². The minimum atomic E-state index is -2.72.